The van der Waals surface area contributed by atoms with Gasteiger partial charge in [0, 0.05) is 19.0 Å². The molecule has 1 N–H and O–H groups in total. The predicted molar refractivity (Wildman–Crippen MR) is 154 cm³/mol. The van der Waals surface area contributed by atoms with Gasteiger partial charge in [0.25, 0.3) is 0 Å². The molecule has 0 heterocycles. The molecule has 0 aliphatic carbocycles. The number of halogens is 1. The molecule has 0 saturated carbocycles. The highest BCUT2D eigenvalue weighted by molar-refractivity contribution is 7.92. The lowest BCUT2D eigenvalue weighted by atomic mass is 10.0. The van der Waals surface area contributed by atoms with Gasteiger partial charge < -0.3 is 15.0 Å². The van der Waals surface area contributed by atoms with Crippen molar-refractivity contribution in [3.8, 4) is 5.75 Å². The zero-order valence-electron chi connectivity index (χ0n) is 23.4. The topological polar surface area (TPSA) is 96.0 Å². The van der Waals surface area contributed by atoms with Crippen molar-refractivity contribution < 1.29 is 27.1 Å². The van der Waals surface area contributed by atoms with Gasteiger partial charge in [0.05, 0.1) is 19.1 Å². The Bertz CT molecular complexity index is 1410. The van der Waals surface area contributed by atoms with Crippen molar-refractivity contribution in [3.05, 3.63) is 95.3 Å². The van der Waals surface area contributed by atoms with E-state index in [-0.39, 0.29) is 36.4 Å². The molecule has 0 aromatic heterocycles. The third-order valence-corrected chi connectivity index (χ3v) is 7.38. The molecule has 0 saturated heterocycles. The van der Waals surface area contributed by atoms with E-state index >= 15 is 0 Å². The number of anilines is 1. The number of hydrogen-bond acceptors (Lipinski definition) is 5. The Morgan fingerprint density at radius 1 is 0.975 bits per heavy atom. The maximum Gasteiger partial charge on any atom is 0.244 e. The Morgan fingerprint density at radius 3 is 2.20 bits per heavy atom. The molecule has 0 fully saturated rings. The molecular formula is C30H36FN3O5S. The summed E-state index contributed by atoms with van der Waals surface area (Å²) >= 11 is 0. The minimum atomic E-state index is -3.94. The molecule has 3 aromatic carbocycles. The van der Waals surface area contributed by atoms with E-state index in [1.54, 1.807) is 25.1 Å². The van der Waals surface area contributed by atoms with Gasteiger partial charge in [-0.2, -0.15) is 0 Å². The molecule has 0 bridgehead atoms. The van der Waals surface area contributed by atoms with E-state index in [1.165, 1.54) is 36.3 Å². The lowest BCUT2D eigenvalue weighted by molar-refractivity contribution is -0.140. The molecule has 2 amide bonds. The lowest BCUT2D eigenvalue weighted by Gasteiger charge is -2.34. The predicted octanol–water partition coefficient (Wildman–Crippen LogP) is 4.07. The Morgan fingerprint density at radius 2 is 1.62 bits per heavy atom. The minimum Gasteiger partial charge on any atom is -0.495 e. The Labute approximate surface area is 235 Å². The van der Waals surface area contributed by atoms with Crippen LogP contribution < -0.4 is 14.4 Å². The zero-order chi connectivity index (χ0) is 29.4. The molecule has 3 rings (SSSR count). The van der Waals surface area contributed by atoms with Crippen molar-refractivity contribution in [2.24, 2.45) is 0 Å². The van der Waals surface area contributed by atoms with Gasteiger partial charge in [0.15, 0.2) is 0 Å². The number of ether oxygens (including phenoxy) is 1. The second kappa shape index (κ2) is 13.4. The van der Waals surface area contributed by atoms with Gasteiger partial charge in [-0.25, -0.2) is 12.8 Å². The first-order valence-corrected chi connectivity index (χ1v) is 14.7. The highest BCUT2D eigenvalue weighted by Gasteiger charge is 2.34. The van der Waals surface area contributed by atoms with E-state index < -0.39 is 34.3 Å². The summed E-state index contributed by atoms with van der Waals surface area (Å²) in [5.74, 6) is -1.13. The fraction of sp³-hybridized carbons (Fsp3) is 0.333. The average molecular weight is 570 g/mol. The number of amides is 2. The van der Waals surface area contributed by atoms with Crippen LogP contribution in [0.5, 0.6) is 5.75 Å². The molecule has 0 aliphatic rings. The number of sulfonamides is 1. The van der Waals surface area contributed by atoms with Crippen LogP contribution in [0.3, 0.4) is 0 Å². The van der Waals surface area contributed by atoms with Crippen LogP contribution in [-0.4, -0.2) is 57.1 Å². The van der Waals surface area contributed by atoms with Crippen molar-refractivity contribution in [1.29, 1.82) is 0 Å². The van der Waals surface area contributed by atoms with E-state index in [0.29, 0.717) is 5.56 Å². The third kappa shape index (κ3) is 8.29. The van der Waals surface area contributed by atoms with Crippen molar-refractivity contribution in [1.82, 2.24) is 10.2 Å². The molecule has 10 heteroatoms. The number of nitrogens with one attached hydrogen (secondary N) is 1. The summed E-state index contributed by atoms with van der Waals surface area (Å²) < 4.78 is 46.0. The maximum absolute atomic E-state index is 14.1. The number of aryl methyl sites for hydroxylation is 1. The lowest BCUT2D eigenvalue weighted by Crippen LogP contribution is -2.54. The van der Waals surface area contributed by atoms with Crippen molar-refractivity contribution in [2.75, 3.05) is 24.2 Å². The van der Waals surface area contributed by atoms with Gasteiger partial charge in [0.1, 0.15) is 24.2 Å². The van der Waals surface area contributed by atoms with E-state index in [9.17, 15) is 22.4 Å². The summed E-state index contributed by atoms with van der Waals surface area (Å²) in [6.07, 6.45) is 1.21. The Kier molecular flexibility index (Phi) is 10.3. The maximum atomic E-state index is 14.1. The number of carbonyl (C=O) groups excluding carboxylic acids is 2. The quantitative estimate of drug-likeness (QED) is 0.355. The molecule has 0 radical (unpaired) electrons. The van der Waals surface area contributed by atoms with Crippen molar-refractivity contribution >= 4 is 27.5 Å². The highest BCUT2D eigenvalue weighted by Crippen LogP contribution is 2.31. The zero-order valence-corrected chi connectivity index (χ0v) is 24.2. The third-order valence-electron chi connectivity index (χ3n) is 6.25. The van der Waals surface area contributed by atoms with Gasteiger partial charge >= 0.3 is 0 Å². The van der Waals surface area contributed by atoms with E-state index in [4.69, 9.17) is 4.74 Å². The standard InChI is InChI=1S/C30H36FN3O5S/c1-21(2)32-30(36)27(18-23-9-7-6-8-10-23)33(19-24-12-14-25(31)15-13-24)29(35)20-34(40(5,37)38)26-17-22(3)11-16-28(26)39-4/h6-17,21,27H,18-20H2,1-5H3,(H,32,36)/t27-/m0/s1. The summed E-state index contributed by atoms with van der Waals surface area (Å²) in [6, 6.07) is 18.8. The molecule has 0 unspecified atom stereocenters. The average Bonchev–Trinajstić information content (AvgIpc) is 2.89. The minimum absolute atomic E-state index is 0.0370. The first kappa shape index (κ1) is 30.6. The van der Waals surface area contributed by atoms with Crippen LogP contribution in [0.2, 0.25) is 0 Å². The second-order valence-electron chi connectivity index (χ2n) is 9.96. The van der Waals surface area contributed by atoms with Crippen molar-refractivity contribution in [3.63, 3.8) is 0 Å². The van der Waals surface area contributed by atoms with Crippen LogP contribution in [0, 0.1) is 12.7 Å². The number of methoxy groups -OCH3 is 1. The molecule has 8 nitrogen and oxygen atoms in total. The fourth-order valence-corrected chi connectivity index (χ4v) is 5.16. The summed E-state index contributed by atoms with van der Waals surface area (Å²) in [7, 11) is -2.52. The number of nitrogens with zero attached hydrogens (tertiary/aromatic N) is 2. The Balaban J connectivity index is 2.09. The van der Waals surface area contributed by atoms with Gasteiger partial charge in [0.2, 0.25) is 21.8 Å². The SMILES string of the molecule is COc1ccc(C)cc1N(CC(=O)N(Cc1ccc(F)cc1)[C@@H](Cc1ccccc1)C(=O)NC(C)C)S(C)(=O)=O. The first-order valence-electron chi connectivity index (χ1n) is 12.9. The summed E-state index contributed by atoms with van der Waals surface area (Å²) in [6.45, 7) is 4.83. The number of hydrogen-bond donors (Lipinski definition) is 1. The molecule has 214 valence electrons. The van der Waals surface area contributed by atoms with Crippen LogP contribution in [0.4, 0.5) is 10.1 Å². The first-order chi connectivity index (χ1) is 18.9. The van der Waals surface area contributed by atoms with Crippen LogP contribution in [0.25, 0.3) is 0 Å². The van der Waals surface area contributed by atoms with Crippen LogP contribution in [0.1, 0.15) is 30.5 Å². The van der Waals surface area contributed by atoms with Gasteiger partial charge in [-0.15, -0.1) is 0 Å². The monoisotopic (exact) mass is 569 g/mol. The number of rotatable bonds is 12. The van der Waals surface area contributed by atoms with E-state index in [2.05, 4.69) is 5.32 Å². The molecular weight excluding hydrogens is 533 g/mol. The normalized spacial score (nSPS) is 12.1. The summed E-state index contributed by atoms with van der Waals surface area (Å²) in [5, 5.41) is 2.89. The van der Waals surface area contributed by atoms with Crippen LogP contribution in [0.15, 0.2) is 72.8 Å². The second-order valence-corrected chi connectivity index (χ2v) is 11.9. The summed E-state index contributed by atoms with van der Waals surface area (Å²) in [4.78, 5) is 29.0. The van der Waals surface area contributed by atoms with E-state index in [0.717, 1.165) is 21.7 Å². The van der Waals surface area contributed by atoms with E-state index in [1.807, 2.05) is 44.2 Å². The smallest absolute Gasteiger partial charge is 0.244 e. The summed E-state index contributed by atoms with van der Waals surface area (Å²) in [5.41, 5.74) is 2.40. The molecule has 3 aromatic rings. The molecule has 1 atom stereocenters. The van der Waals surface area contributed by atoms with Gasteiger partial charge in [-0.05, 0) is 61.7 Å². The Hall–Kier alpha value is -3.92. The van der Waals surface area contributed by atoms with Crippen LogP contribution >= 0.6 is 0 Å². The molecule has 0 spiro atoms. The van der Waals surface area contributed by atoms with Crippen LogP contribution in [-0.2, 0) is 32.6 Å². The number of carbonyl (C=O) groups is 2. The largest absolute Gasteiger partial charge is 0.495 e. The molecule has 40 heavy (non-hydrogen) atoms. The highest BCUT2D eigenvalue weighted by atomic mass is 32.2. The fourth-order valence-electron chi connectivity index (χ4n) is 4.31. The van der Waals surface area contributed by atoms with Crippen molar-refractivity contribution in [2.45, 2.75) is 45.8 Å². The number of benzene rings is 3. The van der Waals surface area contributed by atoms with Gasteiger partial charge in [-0.1, -0.05) is 48.5 Å². The molecule has 0 aliphatic heterocycles. The van der Waals surface area contributed by atoms with Gasteiger partial charge in [-0.3, -0.25) is 13.9 Å².